The molecule has 3 nitrogen and oxygen atoms in total. The summed E-state index contributed by atoms with van der Waals surface area (Å²) in [5, 5.41) is 3.39. The van der Waals surface area contributed by atoms with Crippen LogP contribution in [0.15, 0.2) is 42.5 Å². The maximum Gasteiger partial charge on any atom is 0.122 e. The molecule has 0 aliphatic rings. The van der Waals surface area contributed by atoms with Crippen molar-refractivity contribution < 1.29 is 9.47 Å². The lowest BCUT2D eigenvalue weighted by Crippen LogP contribution is -2.23. The number of benzene rings is 2. The number of hydrogen-bond acceptors (Lipinski definition) is 3. The molecule has 0 radical (unpaired) electrons. The quantitative estimate of drug-likeness (QED) is 0.811. The summed E-state index contributed by atoms with van der Waals surface area (Å²) >= 11 is 0. The SMILES string of the molecule is CCOc1ccc(NCC(C)Oc2cc(C)ccc2C)cc1. The maximum atomic E-state index is 6.02. The van der Waals surface area contributed by atoms with E-state index in [4.69, 9.17) is 9.47 Å². The van der Waals surface area contributed by atoms with Gasteiger partial charge in [-0.05, 0) is 69.2 Å². The molecule has 2 aromatic carbocycles. The van der Waals surface area contributed by atoms with Crippen LogP contribution in [-0.4, -0.2) is 19.3 Å². The summed E-state index contributed by atoms with van der Waals surface area (Å²) in [4.78, 5) is 0. The normalized spacial score (nSPS) is 11.8. The van der Waals surface area contributed by atoms with E-state index in [0.29, 0.717) is 6.61 Å². The van der Waals surface area contributed by atoms with E-state index in [0.717, 1.165) is 23.7 Å². The first kappa shape index (κ1) is 16.2. The van der Waals surface area contributed by atoms with Gasteiger partial charge in [-0.3, -0.25) is 0 Å². The fraction of sp³-hybridized carbons (Fsp3) is 0.368. The predicted molar refractivity (Wildman–Crippen MR) is 92.1 cm³/mol. The van der Waals surface area contributed by atoms with Crippen LogP contribution in [0.5, 0.6) is 11.5 Å². The topological polar surface area (TPSA) is 30.5 Å². The van der Waals surface area contributed by atoms with Crippen molar-refractivity contribution in [3.8, 4) is 11.5 Å². The Hall–Kier alpha value is -2.16. The van der Waals surface area contributed by atoms with E-state index in [1.54, 1.807) is 0 Å². The summed E-state index contributed by atoms with van der Waals surface area (Å²) in [6.07, 6.45) is 0.0899. The fourth-order valence-electron chi connectivity index (χ4n) is 2.19. The Bertz CT molecular complexity index is 593. The number of hydrogen-bond donors (Lipinski definition) is 1. The third kappa shape index (κ3) is 4.69. The zero-order valence-corrected chi connectivity index (χ0v) is 13.8. The van der Waals surface area contributed by atoms with Crippen molar-refractivity contribution in [3.63, 3.8) is 0 Å². The highest BCUT2D eigenvalue weighted by Crippen LogP contribution is 2.21. The van der Waals surface area contributed by atoms with Crippen molar-refractivity contribution >= 4 is 5.69 Å². The fourth-order valence-corrected chi connectivity index (χ4v) is 2.19. The van der Waals surface area contributed by atoms with Gasteiger partial charge in [0.2, 0.25) is 0 Å². The second-order valence-electron chi connectivity index (χ2n) is 5.54. The summed E-state index contributed by atoms with van der Waals surface area (Å²) in [5.74, 6) is 1.86. The molecule has 2 aromatic rings. The van der Waals surface area contributed by atoms with Crippen LogP contribution in [0, 0.1) is 13.8 Å². The van der Waals surface area contributed by atoms with Crippen molar-refractivity contribution in [1.29, 1.82) is 0 Å². The Kier molecular flexibility index (Phi) is 5.70. The second-order valence-corrected chi connectivity index (χ2v) is 5.54. The van der Waals surface area contributed by atoms with Crippen LogP contribution in [0.3, 0.4) is 0 Å². The van der Waals surface area contributed by atoms with Crippen LogP contribution in [-0.2, 0) is 0 Å². The first-order valence-electron chi connectivity index (χ1n) is 7.79. The standard InChI is InChI=1S/C19H25NO2/c1-5-21-18-10-8-17(9-11-18)20-13-16(4)22-19-12-14(2)6-7-15(19)3/h6-12,16,20H,5,13H2,1-4H3. The maximum absolute atomic E-state index is 6.02. The molecule has 0 fully saturated rings. The van der Waals surface area contributed by atoms with Gasteiger partial charge in [0.05, 0.1) is 13.2 Å². The van der Waals surface area contributed by atoms with Crippen LogP contribution in [0.25, 0.3) is 0 Å². The molecule has 2 rings (SSSR count). The molecule has 0 aliphatic carbocycles. The van der Waals surface area contributed by atoms with Crippen LogP contribution < -0.4 is 14.8 Å². The Morgan fingerprint density at radius 3 is 2.45 bits per heavy atom. The lowest BCUT2D eigenvalue weighted by atomic mass is 10.1. The van der Waals surface area contributed by atoms with Crippen molar-refractivity contribution in [2.24, 2.45) is 0 Å². The van der Waals surface area contributed by atoms with Crippen molar-refractivity contribution in [2.75, 3.05) is 18.5 Å². The van der Waals surface area contributed by atoms with E-state index in [1.807, 2.05) is 31.2 Å². The zero-order chi connectivity index (χ0) is 15.9. The highest BCUT2D eigenvalue weighted by Gasteiger charge is 2.07. The molecule has 0 aliphatic heterocycles. The van der Waals surface area contributed by atoms with Gasteiger partial charge in [-0.2, -0.15) is 0 Å². The van der Waals surface area contributed by atoms with Crippen LogP contribution in [0.2, 0.25) is 0 Å². The van der Waals surface area contributed by atoms with Gasteiger partial charge in [0, 0.05) is 5.69 Å². The number of ether oxygens (including phenoxy) is 2. The zero-order valence-electron chi connectivity index (χ0n) is 13.8. The van der Waals surface area contributed by atoms with E-state index >= 15 is 0 Å². The van der Waals surface area contributed by atoms with E-state index in [-0.39, 0.29) is 6.10 Å². The third-order valence-corrected chi connectivity index (χ3v) is 3.43. The van der Waals surface area contributed by atoms with E-state index < -0.39 is 0 Å². The molecule has 0 bridgehead atoms. The highest BCUT2D eigenvalue weighted by atomic mass is 16.5. The molecule has 0 saturated heterocycles. The smallest absolute Gasteiger partial charge is 0.122 e. The van der Waals surface area contributed by atoms with Crippen LogP contribution in [0.4, 0.5) is 5.69 Å². The number of nitrogens with one attached hydrogen (secondary N) is 1. The summed E-state index contributed by atoms with van der Waals surface area (Å²) in [5.41, 5.74) is 3.45. The number of rotatable bonds is 7. The molecule has 22 heavy (non-hydrogen) atoms. The summed E-state index contributed by atoms with van der Waals surface area (Å²) in [7, 11) is 0. The first-order chi connectivity index (χ1) is 10.6. The van der Waals surface area contributed by atoms with Crippen molar-refractivity contribution in [1.82, 2.24) is 0 Å². The molecular formula is C19H25NO2. The van der Waals surface area contributed by atoms with Gasteiger partial charge in [-0.25, -0.2) is 0 Å². The van der Waals surface area contributed by atoms with Gasteiger partial charge in [0.1, 0.15) is 17.6 Å². The number of aryl methyl sites for hydroxylation is 2. The largest absolute Gasteiger partial charge is 0.494 e. The van der Waals surface area contributed by atoms with Gasteiger partial charge in [0.15, 0.2) is 0 Å². The lowest BCUT2D eigenvalue weighted by molar-refractivity contribution is 0.233. The minimum Gasteiger partial charge on any atom is -0.494 e. The predicted octanol–water partition coefficient (Wildman–Crippen LogP) is 4.58. The highest BCUT2D eigenvalue weighted by molar-refractivity contribution is 5.46. The van der Waals surface area contributed by atoms with Crippen molar-refractivity contribution in [3.05, 3.63) is 53.6 Å². The molecule has 118 valence electrons. The monoisotopic (exact) mass is 299 g/mol. The number of anilines is 1. The molecule has 1 N–H and O–H groups in total. The van der Waals surface area contributed by atoms with Gasteiger partial charge >= 0.3 is 0 Å². The average Bonchev–Trinajstić information content (AvgIpc) is 2.51. The summed E-state index contributed by atoms with van der Waals surface area (Å²) in [6.45, 7) is 9.65. The van der Waals surface area contributed by atoms with Crippen LogP contribution in [0.1, 0.15) is 25.0 Å². The minimum atomic E-state index is 0.0899. The van der Waals surface area contributed by atoms with Gasteiger partial charge in [-0.15, -0.1) is 0 Å². The Balaban J connectivity index is 1.87. The van der Waals surface area contributed by atoms with Crippen LogP contribution >= 0.6 is 0 Å². The molecule has 1 unspecified atom stereocenters. The first-order valence-corrected chi connectivity index (χ1v) is 7.79. The van der Waals surface area contributed by atoms with Gasteiger partial charge in [-0.1, -0.05) is 12.1 Å². The third-order valence-electron chi connectivity index (χ3n) is 3.43. The van der Waals surface area contributed by atoms with E-state index in [2.05, 4.69) is 44.3 Å². The van der Waals surface area contributed by atoms with Crippen molar-refractivity contribution in [2.45, 2.75) is 33.8 Å². The summed E-state index contributed by atoms with van der Waals surface area (Å²) < 4.78 is 11.5. The lowest BCUT2D eigenvalue weighted by Gasteiger charge is -2.18. The molecule has 3 heteroatoms. The van der Waals surface area contributed by atoms with E-state index in [9.17, 15) is 0 Å². The summed E-state index contributed by atoms with van der Waals surface area (Å²) in [6, 6.07) is 14.3. The Morgan fingerprint density at radius 1 is 1.05 bits per heavy atom. The molecule has 0 spiro atoms. The van der Waals surface area contributed by atoms with E-state index in [1.165, 1.54) is 11.1 Å². The van der Waals surface area contributed by atoms with Gasteiger partial charge < -0.3 is 14.8 Å². The molecule has 0 amide bonds. The Labute approximate surface area is 133 Å². The van der Waals surface area contributed by atoms with Gasteiger partial charge in [0.25, 0.3) is 0 Å². The Morgan fingerprint density at radius 2 is 1.77 bits per heavy atom. The molecular weight excluding hydrogens is 274 g/mol. The molecule has 1 atom stereocenters. The average molecular weight is 299 g/mol. The second kappa shape index (κ2) is 7.74. The molecule has 0 aromatic heterocycles. The molecule has 0 heterocycles. The minimum absolute atomic E-state index is 0.0899. The molecule has 0 saturated carbocycles.